The molecule has 104 valence electrons. The van der Waals surface area contributed by atoms with Crippen molar-refractivity contribution in [2.45, 2.75) is 32.4 Å². The molecule has 1 atom stereocenters. The maximum atomic E-state index is 5.60. The molecule has 1 aromatic rings. The van der Waals surface area contributed by atoms with Gasteiger partial charge >= 0.3 is 0 Å². The van der Waals surface area contributed by atoms with Crippen molar-refractivity contribution in [2.24, 2.45) is 5.73 Å². The molecule has 2 rings (SSSR count). The van der Waals surface area contributed by atoms with E-state index in [9.17, 15) is 0 Å². The molecule has 18 heavy (non-hydrogen) atoms. The number of nitrogens with two attached hydrogens (primary N) is 1. The zero-order valence-electron chi connectivity index (χ0n) is 10.7. The second-order valence-corrected chi connectivity index (χ2v) is 4.32. The molecule has 2 heterocycles. The van der Waals surface area contributed by atoms with Crippen LogP contribution >= 0.6 is 12.4 Å². The SMILES string of the molecule is CCCc1noc(CN2CCOC(CN)C2)n1.Cl. The summed E-state index contributed by atoms with van der Waals surface area (Å²) < 4.78 is 10.7. The number of rotatable bonds is 5. The maximum Gasteiger partial charge on any atom is 0.240 e. The van der Waals surface area contributed by atoms with Gasteiger partial charge in [-0.25, -0.2) is 0 Å². The third-order valence-corrected chi connectivity index (χ3v) is 2.83. The van der Waals surface area contributed by atoms with Crippen LogP contribution in [0.15, 0.2) is 4.52 Å². The lowest BCUT2D eigenvalue weighted by atomic mass is 10.2. The zero-order valence-corrected chi connectivity index (χ0v) is 11.5. The van der Waals surface area contributed by atoms with Gasteiger partial charge in [-0.3, -0.25) is 4.90 Å². The Morgan fingerprint density at radius 3 is 3.06 bits per heavy atom. The number of morpholine rings is 1. The van der Waals surface area contributed by atoms with Gasteiger partial charge in [-0.05, 0) is 6.42 Å². The number of aromatic nitrogens is 2. The Morgan fingerprint density at radius 1 is 1.50 bits per heavy atom. The fourth-order valence-corrected chi connectivity index (χ4v) is 1.94. The van der Waals surface area contributed by atoms with Crippen LogP contribution in [0.4, 0.5) is 0 Å². The standard InChI is InChI=1S/C11H20N4O2.ClH/c1-2-3-10-13-11(17-14-10)8-15-4-5-16-9(6-12)7-15;/h9H,2-8,12H2,1H3;1H. The molecular formula is C11H21ClN4O2. The molecular weight excluding hydrogens is 256 g/mol. The van der Waals surface area contributed by atoms with Gasteiger partial charge in [0.05, 0.1) is 19.3 Å². The minimum absolute atomic E-state index is 0. The van der Waals surface area contributed by atoms with E-state index in [4.69, 9.17) is 15.0 Å². The van der Waals surface area contributed by atoms with E-state index < -0.39 is 0 Å². The maximum absolute atomic E-state index is 5.60. The van der Waals surface area contributed by atoms with E-state index in [0.29, 0.717) is 19.0 Å². The topological polar surface area (TPSA) is 77.4 Å². The van der Waals surface area contributed by atoms with Crippen LogP contribution < -0.4 is 5.73 Å². The minimum atomic E-state index is 0. The molecule has 1 aliphatic rings. The predicted molar refractivity (Wildman–Crippen MR) is 69.6 cm³/mol. The molecule has 0 radical (unpaired) electrons. The summed E-state index contributed by atoms with van der Waals surface area (Å²) in [7, 11) is 0. The molecule has 0 saturated carbocycles. The van der Waals surface area contributed by atoms with Crippen LogP contribution in [0.1, 0.15) is 25.1 Å². The highest BCUT2D eigenvalue weighted by Gasteiger charge is 2.21. The first-order valence-corrected chi connectivity index (χ1v) is 6.17. The number of aryl methyl sites for hydroxylation is 1. The quantitative estimate of drug-likeness (QED) is 0.849. The van der Waals surface area contributed by atoms with Crippen LogP contribution in [0.25, 0.3) is 0 Å². The van der Waals surface area contributed by atoms with Crippen molar-refractivity contribution in [1.82, 2.24) is 15.0 Å². The van der Waals surface area contributed by atoms with E-state index in [0.717, 1.165) is 38.4 Å². The summed E-state index contributed by atoms with van der Waals surface area (Å²) in [6.45, 7) is 5.80. The van der Waals surface area contributed by atoms with Crippen LogP contribution in [0.2, 0.25) is 0 Å². The molecule has 1 aromatic heterocycles. The fourth-order valence-electron chi connectivity index (χ4n) is 1.94. The summed E-state index contributed by atoms with van der Waals surface area (Å²) >= 11 is 0. The van der Waals surface area contributed by atoms with Crippen LogP contribution in [-0.4, -0.2) is 47.4 Å². The molecule has 1 aliphatic heterocycles. The molecule has 1 fully saturated rings. The van der Waals surface area contributed by atoms with Crippen molar-refractivity contribution in [3.05, 3.63) is 11.7 Å². The highest BCUT2D eigenvalue weighted by atomic mass is 35.5. The summed E-state index contributed by atoms with van der Waals surface area (Å²) in [5.74, 6) is 1.48. The second-order valence-electron chi connectivity index (χ2n) is 4.32. The molecule has 2 N–H and O–H groups in total. The van der Waals surface area contributed by atoms with Crippen molar-refractivity contribution >= 4 is 12.4 Å². The number of nitrogens with zero attached hydrogens (tertiary/aromatic N) is 3. The summed E-state index contributed by atoms with van der Waals surface area (Å²) in [6, 6.07) is 0. The van der Waals surface area contributed by atoms with Gasteiger partial charge in [-0.1, -0.05) is 12.1 Å². The van der Waals surface area contributed by atoms with Gasteiger partial charge in [0.25, 0.3) is 0 Å². The van der Waals surface area contributed by atoms with Crippen molar-refractivity contribution in [3.63, 3.8) is 0 Å². The monoisotopic (exact) mass is 276 g/mol. The minimum Gasteiger partial charge on any atom is -0.374 e. The van der Waals surface area contributed by atoms with Crippen LogP contribution in [0.5, 0.6) is 0 Å². The first-order chi connectivity index (χ1) is 8.31. The first kappa shape index (κ1) is 15.4. The molecule has 6 nitrogen and oxygen atoms in total. The Balaban J connectivity index is 0.00000162. The summed E-state index contributed by atoms with van der Waals surface area (Å²) in [6.07, 6.45) is 2.03. The average molecular weight is 277 g/mol. The molecule has 7 heteroatoms. The Labute approximate surface area is 113 Å². The van der Waals surface area contributed by atoms with Crippen LogP contribution in [0.3, 0.4) is 0 Å². The molecule has 1 unspecified atom stereocenters. The smallest absolute Gasteiger partial charge is 0.240 e. The van der Waals surface area contributed by atoms with E-state index in [-0.39, 0.29) is 18.5 Å². The molecule has 0 aliphatic carbocycles. The average Bonchev–Trinajstić information content (AvgIpc) is 2.77. The molecule has 0 bridgehead atoms. The lowest BCUT2D eigenvalue weighted by Crippen LogP contribution is -2.45. The van der Waals surface area contributed by atoms with E-state index >= 15 is 0 Å². The number of halogens is 1. The zero-order chi connectivity index (χ0) is 12.1. The largest absolute Gasteiger partial charge is 0.374 e. The van der Waals surface area contributed by atoms with Gasteiger partial charge in [0.15, 0.2) is 5.82 Å². The third-order valence-electron chi connectivity index (χ3n) is 2.83. The van der Waals surface area contributed by atoms with Crippen LogP contribution in [-0.2, 0) is 17.7 Å². The second kappa shape index (κ2) is 7.68. The van der Waals surface area contributed by atoms with E-state index in [1.807, 2.05) is 0 Å². The Morgan fingerprint density at radius 2 is 2.33 bits per heavy atom. The highest BCUT2D eigenvalue weighted by Crippen LogP contribution is 2.09. The van der Waals surface area contributed by atoms with Gasteiger partial charge in [0.1, 0.15) is 0 Å². The van der Waals surface area contributed by atoms with Crippen molar-refractivity contribution in [1.29, 1.82) is 0 Å². The summed E-state index contributed by atoms with van der Waals surface area (Å²) in [5.41, 5.74) is 5.60. The van der Waals surface area contributed by atoms with Gasteiger partial charge in [0.2, 0.25) is 5.89 Å². The van der Waals surface area contributed by atoms with Gasteiger partial charge < -0.3 is 15.0 Å². The number of hydrogen-bond donors (Lipinski definition) is 1. The molecule has 0 amide bonds. The van der Waals surface area contributed by atoms with Gasteiger partial charge in [0, 0.05) is 26.1 Å². The van der Waals surface area contributed by atoms with Crippen molar-refractivity contribution in [2.75, 3.05) is 26.2 Å². The van der Waals surface area contributed by atoms with E-state index in [1.54, 1.807) is 0 Å². The predicted octanol–water partition coefficient (Wildman–Crippen LogP) is 0.603. The first-order valence-electron chi connectivity index (χ1n) is 6.17. The Bertz CT molecular complexity index is 348. The van der Waals surface area contributed by atoms with E-state index in [1.165, 1.54) is 0 Å². The summed E-state index contributed by atoms with van der Waals surface area (Å²) in [5, 5.41) is 3.94. The lowest BCUT2D eigenvalue weighted by Gasteiger charge is -2.31. The number of hydrogen-bond acceptors (Lipinski definition) is 6. The summed E-state index contributed by atoms with van der Waals surface area (Å²) in [4.78, 5) is 6.59. The molecule has 0 aromatic carbocycles. The Kier molecular flexibility index (Phi) is 6.56. The van der Waals surface area contributed by atoms with E-state index in [2.05, 4.69) is 22.0 Å². The van der Waals surface area contributed by atoms with Crippen LogP contribution in [0, 0.1) is 0 Å². The van der Waals surface area contributed by atoms with Crippen molar-refractivity contribution < 1.29 is 9.26 Å². The molecule has 1 saturated heterocycles. The Hall–Kier alpha value is -0.690. The molecule has 0 spiro atoms. The van der Waals surface area contributed by atoms with Crippen molar-refractivity contribution in [3.8, 4) is 0 Å². The lowest BCUT2D eigenvalue weighted by molar-refractivity contribution is -0.0288. The fraction of sp³-hybridized carbons (Fsp3) is 0.818. The normalized spacial score (nSPS) is 20.7. The number of ether oxygens (including phenoxy) is 1. The highest BCUT2D eigenvalue weighted by molar-refractivity contribution is 5.85. The van der Waals surface area contributed by atoms with Gasteiger partial charge in [-0.15, -0.1) is 12.4 Å². The third kappa shape index (κ3) is 4.20. The van der Waals surface area contributed by atoms with Gasteiger partial charge in [-0.2, -0.15) is 4.98 Å².